The normalized spacial score (nSPS) is 7.54. The minimum atomic E-state index is -0.981. The Kier molecular flexibility index (Phi) is 9.09. The van der Waals surface area contributed by atoms with Gasteiger partial charge in [-0.05, 0) is 6.08 Å². The van der Waals surface area contributed by atoms with E-state index in [1.165, 1.54) is 7.05 Å². The number of aliphatic hydroxyl groups is 1. The largest absolute Gasteiger partial charge is 0.478 e. The van der Waals surface area contributed by atoms with Gasteiger partial charge in [-0.15, -0.1) is 0 Å². The predicted molar refractivity (Wildman–Crippen MR) is 47.9 cm³/mol. The number of hydrogen-bond acceptors (Lipinski definition) is 3. The monoisotopic (exact) mass is 187 g/mol. The molecule has 0 aliphatic carbocycles. The van der Waals surface area contributed by atoms with Crippen molar-refractivity contribution in [2.45, 2.75) is 0 Å². The first kappa shape index (κ1) is 13.9. The van der Waals surface area contributed by atoms with E-state index in [4.69, 9.17) is 10.2 Å². The maximum absolute atomic E-state index is 10.4. The van der Waals surface area contributed by atoms with Gasteiger partial charge in [0.05, 0.1) is 0 Å². The second-order valence-corrected chi connectivity index (χ2v) is 1.92. The summed E-state index contributed by atoms with van der Waals surface area (Å²) in [5.41, 5.74) is 0. The summed E-state index contributed by atoms with van der Waals surface area (Å²) >= 11 is 0. The van der Waals surface area contributed by atoms with Gasteiger partial charge in [0.15, 0.2) is 0 Å². The van der Waals surface area contributed by atoms with Gasteiger partial charge in [-0.1, -0.05) is 13.2 Å². The van der Waals surface area contributed by atoms with Gasteiger partial charge in [-0.2, -0.15) is 0 Å². The first-order valence-corrected chi connectivity index (χ1v) is 3.33. The van der Waals surface area contributed by atoms with Crippen molar-refractivity contribution < 1.29 is 19.8 Å². The number of rotatable bonds is 3. The van der Waals surface area contributed by atoms with Gasteiger partial charge >= 0.3 is 5.97 Å². The van der Waals surface area contributed by atoms with Crippen LogP contribution in [0.5, 0.6) is 0 Å². The zero-order chi connectivity index (χ0) is 10.9. The maximum atomic E-state index is 10.4. The van der Waals surface area contributed by atoms with Crippen LogP contribution in [0.15, 0.2) is 25.3 Å². The van der Waals surface area contributed by atoms with Crippen LogP contribution in [0.3, 0.4) is 0 Å². The van der Waals surface area contributed by atoms with E-state index < -0.39 is 5.97 Å². The number of carboxylic acid groups (broad SMARTS) is 1. The van der Waals surface area contributed by atoms with Crippen molar-refractivity contribution >= 4 is 11.9 Å². The highest BCUT2D eigenvalue weighted by Crippen LogP contribution is 1.79. The predicted octanol–water partition coefficient (Wildman–Crippen LogP) is -0.162. The number of carbonyl (C=O) groups is 2. The van der Waals surface area contributed by atoms with Gasteiger partial charge in [0.2, 0.25) is 5.91 Å². The summed E-state index contributed by atoms with van der Waals surface area (Å²) in [5, 5.41) is 15.9. The third-order valence-electron chi connectivity index (χ3n) is 0.938. The van der Waals surface area contributed by atoms with Gasteiger partial charge in [-0.3, -0.25) is 4.79 Å². The smallest absolute Gasteiger partial charge is 0.327 e. The summed E-state index contributed by atoms with van der Waals surface area (Å²) in [6.45, 7) is 5.93. The Hall–Kier alpha value is -1.62. The first-order valence-electron chi connectivity index (χ1n) is 3.33. The molecule has 0 rings (SSSR count). The molecule has 0 unspecified atom stereocenters. The zero-order valence-corrected chi connectivity index (χ0v) is 7.43. The fourth-order valence-corrected chi connectivity index (χ4v) is 0.226. The zero-order valence-electron chi connectivity index (χ0n) is 7.43. The number of carboxylic acids is 1. The number of aliphatic hydroxyl groups excluding tert-OH is 1. The fraction of sp³-hybridized carbons (Fsp3) is 0.250. The molecule has 0 spiro atoms. The first-order chi connectivity index (χ1) is 5.99. The summed E-state index contributed by atoms with van der Waals surface area (Å²) < 4.78 is 0. The number of nitrogens with zero attached hydrogens (tertiary/aromatic N) is 1. The third kappa shape index (κ3) is 10.4. The molecule has 5 heteroatoms. The Morgan fingerprint density at radius 3 is 1.85 bits per heavy atom. The van der Waals surface area contributed by atoms with E-state index in [2.05, 4.69) is 13.2 Å². The molecule has 1 amide bonds. The molecular weight excluding hydrogens is 174 g/mol. The molecule has 0 bridgehead atoms. The molecular formula is C8H13NO4. The minimum Gasteiger partial charge on any atom is -0.478 e. The Labute approximate surface area is 76.6 Å². The summed E-state index contributed by atoms with van der Waals surface area (Å²) in [4.78, 5) is 20.8. The molecule has 0 aliphatic rings. The lowest BCUT2D eigenvalue weighted by molar-refractivity contribution is -0.131. The van der Waals surface area contributed by atoms with E-state index >= 15 is 0 Å². The second kappa shape index (κ2) is 8.48. The van der Waals surface area contributed by atoms with Crippen LogP contribution in [0.2, 0.25) is 0 Å². The van der Waals surface area contributed by atoms with E-state index in [-0.39, 0.29) is 12.6 Å². The van der Waals surface area contributed by atoms with Crippen molar-refractivity contribution in [2.75, 3.05) is 13.8 Å². The lowest BCUT2D eigenvalue weighted by atomic mass is 10.5. The Morgan fingerprint density at radius 1 is 1.38 bits per heavy atom. The molecule has 5 nitrogen and oxygen atoms in total. The third-order valence-corrected chi connectivity index (χ3v) is 0.938. The van der Waals surface area contributed by atoms with Gasteiger partial charge in [0.25, 0.3) is 0 Å². The van der Waals surface area contributed by atoms with E-state index in [0.29, 0.717) is 0 Å². The lowest BCUT2D eigenvalue weighted by Gasteiger charge is -2.08. The Balaban J connectivity index is 0. The van der Waals surface area contributed by atoms with E-state index in [1.54, 1.807) is 0 Å². The van der Waals surface area contributed by atoms with Crippen LogP contribution in [0.4, 0.5) is 0 Å². The van der Waals surface area contributed by atoms with Crippen LogP contribution < -0.4 is 0 Å². The molecule has 0 heterocycles. The van der Waals surface area contributed by atoms with E-state index in [0.717, 1.165) is 17.1 Å². The van der Waals surface area contributed by atoms with Crippen molar-refractivity contribution in [1.82, 2.24) is 4.90 Å². The van der Waals surface area contributed by atoms with Crippen LogP contribution in [-0.2, 0) is 9.59 Å². The van der Waals surface area contributed by atoms with E-state index in [1.807, 2.05) is 0 Å². The average molecular weight is 187 g/mol. The summed E-state index contributed by atoms with van der Waals surface area (Å²) in [6.07, 6.45) is 1.98. The maximum Gasteiger partial charge on any atom is 0.327 e. The average Bonchev–Trinajstić information content (AvgIpc) is 2.16. The van der Waals surface area contributed by atoms with Crippen LogP contribution >= 0.6 is 0 Å². The molecule has 13 heavy (non-hydrogen) atoms. The summed E-state index contributed by atoms with van der Waals surface area (Å²) in [5.74, 6) is -1.25. The van der Waals surface area contributed by atoms with Crippen molar-refractivity contribution in [1.29, 1.82) is 0 Å². The SMILES string of the molecule is C=CC(=O)N(C)CO.C=CC(=O)O. The van der Waals surface area contributed by atoms with Gasteiger partial charge < -0.3 is 15.1 Å². The fourth-order valence-electron chi connectivity index (χ4n) is 0.226. The highest BCUT2D eigenvalue weighted by Gasteiger charge is 1.98. The Morgan fingerprint density at radius 2 is 1.77 bits per heavy atom. The highest BCUT2D eigenvalue weighted by molar-refractivity contribution is 5.86. The standard InChI is InChI=1S/C5H9NO2.C3H4O2/c1-3-5(8)6(2)4-7;1-2-3(4)5/h3,7H,1,4H2,2H3;2H,1H2,(H,4,5). The van der Waals surface area contributed by atoms with Gasteiger partial charge in [0, 0.05) is 13.1 Å². The molecule has 0 fully saturated rings. The van der Waals surface area contributed by atoms with Crippen molar-refractivity contribution in [3.8, 4) is 0 Å². The lowest BCUT2D eigenvalue weighted by Crippen LogP contribution is -2.25. The Bertz CT molecular complexity index is 200. The van der Waals surface area contributed by atoms with Crippen molar-refractivity contribution in [3.63, 3.8) is 0 Å². The van der Waals surface area contributed by atoms with Crippen LogP contribution in [0.25, 0.3) is 0 Å². The molecule has 0 atom stereocenters. The number of likely N-dealkylation sites (N-methyl/N-ethyl adjacent to an activating group) is 1. The minimum absolute atomic E-state index is 0.259. The van der Waals surface area contributed by atoms with Crippen LogP contribution in [0.1, 0.15) is 0 Å². The van der Waals surface area contributed by atoms with E-state index in [9.17, 15) is 9.59 Å². The number of amides is 1. The molecule has 0 aliphatic heterocycles. The molecule has 0 aromatic rings. The molecule has 74 valence electrons. The summed E-state index contributed by atoms with van der Waals surface area (Å²) in [6, 6.07) is 0. The molecule has 0 aromatic carbocycles. The molecule has 0 radical (unpaired) electrons. The quantitative estimate of drug-likeness (QED) is 0.475. The molecule has 0 saturated carbocycles. The number of carbonyl (C=O) groups excluding carboxylic acids is 1. The van der Waals surface area contributed by atoms with Gasteiger partial charge in [0.1, 0.15) is 6.73 Å². The number of hydrogen-bond donors (Lipinski definition) is 2. The van der Waals surface area contributed by atoms with Crippen molar-refractivity contribution in [2.24, 2.45) is 0 Å². The molecule has 2 N–H and O–H groups in total. The molecule has 0 aromatic heterocycles. The molecule has 0 saturated heterocycles. The topological polar surface area (TPSA) is 77.8 Å². The number of aliphatic carboxylic acids is 1. The van der Waals surface area contributed by atoms with Crippen molar-refractivity contribution in [3.05, 3.63) is 25.3 Å². The second-order valence-electron chi connectivity index (χ2n) is 1.92. The van der Waals surface area contributed by atoms with Gasteiger partial charge in [-0.25, -0.2) is 4.79 Å². The summed E-state index contributed by atoms with van der Waals surface area (Å²) in [7, 11) is 1.49. The highest BCUT2D eigenvalue weighted by atomic mass is 16.4. The van der Waals surface area contributed by atoms with Crippen LogP contribution in [0, 0.1) is 0 Å². The van der Waals surface area contributed by atoms with Crippen LogP contribution in [-0.4, -0.2) is 40.8 Å².